The lowest BCUT2D eigenvalue weighted by molar-refractivity contribution is -0.141. The summed E-state index contributed by atoms with van der Waals surface area (Å²) in [6.07, 6.45) is 5.24. The maximum Gasteiger partial charge on any atom is 0.326 e. The zero-order valence-corrected chi connectivity index (χ0v) is 20.0. The minimum Gasteiger partial charge on any atom is -0.508 e. The van der Waals surface area contributed by atoms with Gasteiger partial charge in [0.15, 0.2) is 0 Å². The molecule has 2 aromatic rings. The summed E-state index contributed by atoms with van der Waals surface area (Å²) < 4.78 is 0. The van der Waals surface area contributed by atoms with Crippen molar-refractivity contribution in [1.29, 1.82) is 0 Å². The molecule has 12 nitrogen and oxygen atoms in total. The Bertz CT molecular complexity index is 985. The van der Waals surface area contributed by atoms with Crippen LogP contribution in [-0.2, 0) is 32.0 Å². The van der Waals surface area contributed by atoms with E-state index in [1.165, 1.54) is 36.4 Å². The maximum atomic E-state index is 12.8. The van der Waals surface area contributed by atoms with E-state index in [0.717, 1.165) is 5.56 Å². The van der Waals surface area contributed by atoms with Crippen LogP contribution in [0, 0.1) is 0 Å². The fourth-order valence-corrected chi connectivity index (χ4v) is 3.58. The zero-order valence-electron chi connectivity index (χ0n) is 19.2. The summed E-state index contributed by atoms with van der Waals surface area (Å²) in [5.74, 6) is -2.41. The van der Waals surface area contributed by atoms with E-state index in [-0.39, 0.29) is 25.0 Å². The first-order valence-electron chi connectivity index (χ1n) is 10.8. The lowest BCUT2D eigenvalue weighted by Crippen LogP contribution is -2.54. The third kappa shape index (κ3) is 9.66. The van der Waals surface area contributed by atoms with Crippen LogP contribution in [0.2, 0.25) is 0 Å². The highest BCUT2D eigenvalue weighted by Gasteiger charge is 2.26. The number of hydrogen-bond acceptors (Lipinski definition) is 8. The Morgan fingerprint density at radius 1 is 1.09 bits per heavy atom. The summed E-state index contributed by atoms with van der Waals surface area (Å²) in [4.78, 5) is 55.7. The number of thioether (sulfide) groups is 1. The summed E-state index contributed by atoms with van der Waals surface area (Å²) in [6, 6.07) is 3.15. The van der Waals surface area contributed by atoms with Crippen molar-refractivity contribution in [2.45, 2.75) is 37.4 Å². The summed E-state index contributed by atoms with van der Waals surface area (Å²) >= 11 is 1.45. The number of carbonyl (C=O) groups excluding carboxylic acids is 3. The third-order valence-electron chi connectivity index (χ3n) is 5.01. The molecule has 0 saturated carbocycles. The number of aliphatic carboxylic acids is 1. The number of nitrogens with one attached hydrogen (secondary N) is 4. The highest BCUT2D eigenvalue weighted by Crippen LogP contribution is 2.11. The third-order valence-corrected chi connectivity index (χ3v) is 5.65. The van der Waals surface area contributed by atoms with Crippen LogP contribution in [0.3, 0.4) is 0 Å². The quantitative estimate of drug-likeness (QED) is 0.170. The Morgan fingerprint density at radius 2 is 1.80 bits per heavy atom. The molecule has 35 heavy (non-hydrogen) atoms. The fraction of sp³-hybridized carbons (Fsp3) is 0.409. The molecule has 13 heteroatoms. The number of imidazole rings is 1. The molecule has 0 spiro atoms. The molecule has 3 atom stereocenters. The van der Waals surface area contributed by atoms with Gasteiger partial charge in [0.1, 0.15) is 17.8 Å². The number of H-pyrrole nitrogens is 1. The van der Waals surface area contributed by atoms with Gasteiger partial charge in [-0.1, -0.05) is 12.1 Å². The number of hydrogen-bond donors (Lipinski definition) is 7. The number of carbonyl (C=O) groups is 4. The number of phenolic OH excluding ortho intramolecular Hbond substituents is 1. The molecule has 0 aliphatic rings. The second-order valence-electron chi connectivity index (χ2n) is 7.78. The Morgan fingerprint density at radius 3 is 2.40 bits per heavy atom. The Labute approximate surface area is 206 Å². The van der Waals surface area contributed by atoms with Gasteiger partial charge in [0.25, 0.3) is 0 Å². The molecule has 1 aromatic heterocycles. The SMILES string of the molecule is CSCCC(NC(=O)CNC(=O)C(Cc1cnc[nH]1)NC(=O)C(N)Cc1ccc(O)cc1)C(=O)O. The van der Waals surface area contributed by atoms with Crippen molar-refractivity contribution in [2.24, 2.45) is 5.73 Å². The molecule has 2 rings (SSSR count). The van der Waals surface area contributed by atoms with E-state index in [0.29, 0.717) is 11.4 Å². The number of nitrogens with two attached hydrogens (primary N) is 1. The number of carboxylic acid groups (broad SMARTS) is 1. The number of aromatic amines is 1. The summed E-state index contributed by atoms with van der Waals surface area (Å²) in [6.45, 7) is -0.462. The normalized spacial score (nSPS) is 13.3. The van der Waals surface area contributed by atoms with Crippen LogP contribution in [0.25, 0.3) is 0 Å². The first-order valence-corrected chi connectivity index (χ1v) is 12.2. The smallest absolute Gasteiger partial charge is 0.326 e. The lowest BCUT2D eigenvalue weighted by Gasteiger charge is -2.21. The van der Waals surface area contributed by atoms with Gasteiger partial charge < -0.3 is 36.9 Å². The van der Waals surface area contributed by atoms with E-state index in [9.17, 15) is 29.4 Å². The number of amides is 3. The molecule has 0 saturated heterocycles. The van der Waals surface area contributed by atoms with Gasteiger partial charge in [-0.05, 0) is 42.5 Å². The predicted octanol–water partition coefficient (Wildman–Crippen LogP) is -0.849. The molecule has 0 aliphatic carbocycles. The summed E-state index contributed by atoms with van der Waals surface area (Å²) in [5.41, 5.74) is 7.31. The van der Waals surface area contributed by atoms with Gasteiger partial charge >= 0.3 is 5.97 Å². The summed E-state index contributed by atoms with van der Waals surface area (Å²) in [7, 11) is 0. The average molecular weight is 507 g/mol. The van der Waals surface area contributed by atoms with E-state index in [2.05, 4.69) is 25.9 Å². The van der Waals surface area contributed by atoms with Crippen molar-refractivity contribution in [3.8, 4) is 5.75 Å². The van der Waals surface area contributed by atoms with Crippen LogP contribution in [0.5, 0.6) is 5.75 Å². The number of rotatable bonds is 14. The average Bonchev–Trinajstić information content (AvgIpc) is 3.34. The standard InChI is InChI=1S/C22H30N6O6S/c1-35-7-6-17(22(33)34)27-19(30)11-25-21(32)18(9-14-10-24-12-26-14)28-20(31)16(23)8-13-2-4-15(29)5-3-13/h2-5,10,12,16-18,29H,6-9,11,23H2,1H3,(H,24,26)(H,25,32)(H,27,30)(H,28,31)(H,33,34). The molecule has 0 fully saturated rings. The molecule has 1 heterocycles. The fourth-order valence-electron chi connectivity index (χ4n) is 3.11. The van der Waals surface area contributed by atoms with Crippen LogP contribution < -0.4 is 21.7 Å². The number of aromatic nitrogens is 2. The molecule has 0 bridgehead atoms. The molecule has 1 aromatic carbocycles. The van der Waals surface area contributed by atoms with Gasteiger partial charge in [0.2, 0.25) is 17.7 Å². The summed E-state index contributed by atoms with van der Waals surface area (Å²) in [5, 5.41) is 26.0. The number of aromatic hydroxyl groups is 1. The highest BCUT2D eigenvalue weighted by molar-refractivity contribution is 7.98. The van der Waals surface area contributed by atoms with Gasteiger partial charge in [0, 0.05) is 18.3 Å². The van der Waals surface area contributed by atoms with Crippen LogP contribution in [0.4, 0.5) is 0 Å². The Kier molecular flexibility index (Phi) is 11.0. The van der Waals surface area contributed by atoms with Crippen LogP contribution in [0.15, 0.2) is 36.8 Å². The Balaban J connectivity index is 1.97. The Hall–Kier alpha value is -3.58. The van der Waals surface area contributed by atoms with Crippen molar-refractivity contribution in [2.75, 3.05) is 18.6 Å². The van der Waals surface area contributed by atoms with Gasteiger partial charge in [-0.25, -0.2) is 9.78 Å². The maximum absolute atomic E-state index is 12.8. The van der Waals surface area contributed by atoms with E-state index in [4.69, 9.17) is 5.73 Å². The van der Waals surface area contributed by atoms with Crippen LogP contribution in [0.1, 0.15) is 17.7 Å². The minimum absolute atomic E-state index is 0.0661. The second kappa shape index (κ2) is 14.0. The van der Waals surface area contributed by atoms with Crippen LogP contribution in [-0.4, -0.2) is 80.6 Å². The van der Waals surface area contributed by atoms with E-state index >= 15 is 0 Å². The minimum atomic E-state index is -1.16. The van der Waals surface area contributed by atoms with E-state index < -0.39 is 48.4 Å². The van der Waals surface area contributed by atoms with Crippen molar-refractivity contribution in [3.63, 3.8) is 0 Å². The van der Waals surface area contributed by atoms with Crippen molar-refractivity contribution in [1.82, 2.24) is 25.9 Å². The van der Waals surface area contributed by atoms with Crippen molar-refractivity contribution < 1.29 is 29.4 Å². The molecule has 3 unspecified atom stereocenters. The topological polar surface area (TPSA) is 200 Å². The molecule has 3 amide bonds. The second-order valence-corrected chi connectivity index (χ2v) is 8.76. The lowest BCUT2D eigenvalue weighted by atomic mass is 10.0. The number of phenols is 1. The van der Waals surface area contributed by atoms with Crippen molar-refractivity contribution >= 4 is 35.5 Å². The number of carboxylic acids is 1. The first kappa shape index (κ1) is 27.7. The molecule has 190 valence electrons. The largest absolute Gasteiger partial charge is 0.508 e. The molecule has 0 aliphatic heterocycles. The van der Waals surface area contributed by atoms with E-state index in [1.54, 1.807) is 12.1 Å². The van der Waals surface area contributed by atoms with Crippen molar-refractivity contribution in [3.05, 3.63) is 48.0 Å². The van der Waals surface area contributed by atoms with Gasteiger partial charge in [-0.15, -0.1) is 0 Å². The molecular weight excluding hydrogens is 476 g/mol. The monoisotopic (exact) mass is 506 g/mol. The van der Waals surface area contributed by atoms with Crippen LogP contribution >= 0.6 is 11.8 Å². The molecular formula is C22H30N6O6S. The molecule has 8 N–H and O–H groups in total. The highest BCUT2D eigenvalue weighted by atomic mass is 32.2. The van der Waals surface area contributed by atoms with E-state index in [1.807, 2.05) is 6.26 Å². The van der Waals surface area contributed by atoms with Gasteiger partial charge in [0.05, 0.1) is 18.9 Å². The number of nitrogens with zero attached hydrogens (tertiary/aromatic N) is 1. The zero-order chi connectivity index (χ0) is 25.8. The predicted molar refractivity (Wildman–Crippen MR) is 130 cm³/mol. The van der Waals surface area contributed by atoms with Gasteiger partial charge in [-0.2, -0.15) is 11.8 Å². The van der Waals surface area contributed by atoms with Gasteiger partial charge in [-0.3, -0.25) is 14.4 Å². The molecule has 0 radical (unpaired) electrons. The number of benzene rings is 1. The first-order chi connectivity index (χ1) is 16.7.